The lowest BCUT2D eigenvalue weighted by Crippen LogP contribution is -2.53. The molecule has 1 saturated carbocycles. The van der Waals surface area contributed by atoms with E-state index in [9.17, 15) is 14.4 Å². The molecule has 0 saturated heterocycles. The fourth-order valence-corrected chi connectivity index (χ4v) is 4.75. The van der Waals surface area contributed by atoms with Crippen LogP contribution in [0.4, 0.5) is 4.79 Å². The second-order valence-corrected chi connectivity index (χ2v) is 10.8. The van der Waals surface area contributed by atoms with Crippen molar-refractivity contribution in [3.8, 4) is 12.5 Å². The highest BCUT2D eigenvalue weighted by molar-refractivity contribution is 5.93. The molecule has 0 heterocycles. The van der Waals surface area contributed by atoms with Crippen LogP contribution in [0.1, 0.15) is 75.6 Å². The van der Waals surface area contributed by atoms with Gasteiger partial charge in [-0.15, -0.1) is 0 Å². The van der Waals surface area contributed by atoms with Crippen LogP contribution in [0.25, 0.3) is 0 Å². The van der Waals surface area contributed by atoms with E-state index in [4.69, 9.17) is 11.2 Å². The monoisotopic (exact) mass is 517 g/mol. The fourth-order valence-electron chi connectivity index (χ4n) is 4.75. The summed E-state index contributed by atoms with van der Waals surface area (Å²) in [7, 11) is 0. The summed E-state index contributed by atoms with van der Waals surface area (Å²) in [6.07, 6.45) is 10.4. The van der Waals surface area contributed by atoms with E-state index >= 15 is 0 Å². The van der Waals surface area contributed by atoms with Gasteiger partial charge in [-0.05, 0) is 57.2 Å². The molecule has 1 aliphatic carbocycles. The van der Waals surface area contributed by atoms with Gasteiger partial charge in [0, 0.05) is 18.5 Å². The van der Waals surface area contributed by atoms with E-state index < -0.39 is 29.7 Å². The first-order valence-corrected chi connectivity index (χ1v) is 13.3. The van der Waals surface area contributed by atoms with Gasteiger partial charge in [0.2, 0.25) is 5.91 Å². The summed E-state index contributed by atoms with van der Waals surface area (Å²) in [5, 5.41) is 5.83. The molecule has 0 spiro atoms. The Kier molecular flexibility index (Phi) is 9.95. The Bertz CT molecular complexity index is 1140. The molecule has 1 aliphatic rings. The molecular weight excluding hydrogens is 478 g/mol. The van der Waals surface area contributed by atoms with E-state index in [0.29, 0.717) is 5.56 Å². The van der Waals surface area contributed by atoms with Crippen molar-refractivity contribution in [2.75, 3.05) is 0 Å². The highest BCUT2D eigenvalue weighted by Crippen LogP contribution is 2.27. The number of ether oxygens (including phenoxy) is 1. The van der Waals surface area contributed by atoms with Gasteiger partial charge in [0.25, 0.3) is 5.91 Å². The van der Waals surface area contributed by atoms with Crippen molar-refractivity contribution < 1.29 is 19.1 Å². The number of terminal acetylenes is 1. The Morgan fingerprint density at radius 1 is 1.03 bits per heavy atom. The third-order valence-electron chi connectivity index (χ3n) is 6.59. The Balaban J connectivity index is 1.96. The van der Waals surface area contributed by atoms with E-state index in [0.717, 1.165) is 48.1 Å². The molecule has 2 atom stereocenters. The number of hydrogen-bond acceptors (Lipinski definition) is 4. The summed E-state index contributed by atoms with van der Waals surface area (Å²) < 4.78 is 5.43. The highest BCUT2D eigenvalue weighted by Gasteiger charge is 2.37. The van der Waals surface area contributed by atoms with E-state index in [1.807, 2.05) is 61.5 Å². The van der Waals surface area contributed by atoms with Gasteiger partial charge in [-0.3, -0.25) is 14.5 Å². The maximum atomic E-state index is 14.0. The third-order valence-corrected chi connectivity index (χ3v) is 6.59. The maximum absolute atomic E-state index is 14.0. The summed E-state index contributed by atoms with van der Waals surface area (Å²) in [5.41, 5.74) is 1.56. The minimum absolute atomic E-state index is 0.0394. The van der Waals surface area contributed by atoms with Crippen LogP contribution in [-0.4, -0.2) is 40.5 Å². The average Bonchev–Trinajstić information content (AvgIpc) is 2.87. The van der Waals surface area contributed by atoms with Crippen LogP contribution in [0.15, 0.2) is 54.6 Å². The number of rotatable bonds is 8. The zero-order chi connectivity index (χ0) is 27.7. The normalized spacial score (nSPS) is 15.4. The van der Waals surface area contributed by atoms with Crippen molar-refractivity contribution in [3.63, 3.8) is 0 Å². The van der Waals surface area contributed by atoms with E-state index in [2.05, 4.69) is 16.7 Å². The summed E-state index contributed by atoms with van der Waals surface area (Å²) in [4.78, 5) is 41.6. The molecule has 0 radical (unpaired) electrons. The minimum Gasteiger partial charge on any atom is -0.444 e. The molecule has 0 bridgehead atoms. The molecule has 1 fully saturated rings. The van der Waals surface area contributed by atoms with Crippen LogP contribution < -0.4 is 10.6 Å². The van der Waals surface area contributed by atoms with Gasteiger partial charge in [-0.1, -0.05) is 80.3 Å². The number of aryl methyl sites for hydroxylation is 1. The topological polar surface area (TPSA) is 87.7 Å². The molecule has 202 valence electrons. The molecule has 7 nitrogen and oxygen atoms in total. The lowest BCUT2D eigenvalue weighted by Gasteiger charge is -2.32. The first-order valence-electron chi connectivity index (χ1n) is 13.3. The fraction of sp³-hybridized carbons (Fsp3) is 0.452. The second kappa shape index (κ2) is 13.1. The predicted octanol–water partition coefficient (Wildman–Crippen LogP) is 5.04. The van der Waals surface area contributed by atoms with Crippen molar-refractivity contribution in [1.82, 2.24) is 15.5 Å². The van der Waals surface area contributed by atoms with Gasteiger partial charge in [0.05, 0.1) is 0 Å². The van der Waals surface area contributed by atoms with Crippen molar-refractivity contribution >= 4 is 17.9 Å². The van der Waals surface area contributed by atoms with Gasteiger partial charge >= 0.3 is 6.09 Å². The Morgan fingerprint density at radius 3 is 2.26 bits per heavy atom. The Labute approximate surface area is 226 Å². The van der Waals surface area contributed by atoms with Crippen molar-refractivity contribution in [2.45, 2.75) is 89.9 Å². The minimum atomic E-state index is -1.05. The second-order valence-electron chi connectivity index (χ2n) is 10.8. The first-order chi connectivity index (χ1) is 18.1. The predicted molar refractivity (Wildman–Crippen MR) is 148 cm³/mol. The highest BCUT2D eigenvalue weighted by atomic mass is 16.6. The van der Waals surface area contributed by atoms with Gasteiger partial charge in [-0.25, -0.2) is 4.79 Å². The number of alkyl carbamates (subject to hydrolysis) is 1. The van der Waals surface area contributed by atoms with Crippen LogP contribution in [0.3, 0.4) is 0 Å². The number of nitrogens with zero attached hydrogens (tertiary/aromatic N) is 1. The van der Waals surface area contributed by atoms with E-state index in [1.54, 1.807) is 20.8 Å². The molecule has 2 aromatic carbocycles. The standard InChI is InChI=1S/C31H39N3O4/c1-6-34(27(25-20-14-13-15-22(25)2)28(35)32-24-18-11-8-12-19-24)29(36)26(21-23-16-9-7-10-17-23)33-30(37)38-31(3,4)5/h1,7,9-10,13-17,20,24,26-27H,8,11-12,18-19,21H2,2-5H3,(H,32,35)(H,33,37). The molecule has 0 aliphatic heterocycles. The van der Waals surface area contributed by atoms with Crippen molar-refractivity contribution in [2.24, 2.45) is 0 Å². The van der Waals surface area contributed by atoms with Gasteiger partial charge in [-0.2, -0.15) is 0 Å². The number of carbonyl (C=O) groups is 3. The molecule has 3 amide bonds. The van der Waals surface area contributed by atoms with Gasteiger partial charge in [0.15, 0.2) is 0 Å². The zero-order valence-corrected chi connectivity index (χ0v) is 22.8. The molecule has 2 unspecified atom stereocenters. The van der Waals surface area contributed by atoms with Crippen LogP contribution in [0, 0.1) is 19.4 Å². The van der Waals surface area contributed by atoms with Crippen molar-refractivity contribution in [1.29, 1.82) is 0 Å². The number of benzene rings is 2. The van der Waals surface area contributed by atoms with Gasteiger partial charge in [0.1, 0.15) is 17.7 Å². The van der Waals surface area contributed by atoms with Crippen molar-refractivity contribution in [3.05, 3.63) is 71.3 Å². The number of nitrogens with one attached hydrogen (secondary N) is 2. The van der Waals surface area contributed by atoms with Gasteiger partial charge < -0.3 is 15.4 Å². The molecule has 2 aromatic rings. The number of hydrogen-bond donors (Lipinski definition) is 2. The van der Waals surface area contributed by atoms with E-state index in [-0.39, 0.29) is 18.4 Å². The molecule has 7 heteroatoms. The third kappa shape index (κ3) is 8.11. The maximum Gasteiger partial charge on any atom is 0.408 e. The summed E-state index contributed by atoms with van der Waals surface area (Å²) in [5.74, 6) is -0.887. The van der Waals surface area contributed by atoms with E-state index in [1.165, 1.54) is 0 Å². The Hall–Kier alpha value is -3.79. The lowest BCUT2D eigenvalue weighted by atomic mass is 9.93. The van der Waals surface area contributed by atoms with Crippen LogP contribution in [0.2, 0.25) is 0 Å². The largest absolute Gasteiger partial charge is 0.444 e. The molecule has 3 rings (SSSR count). The quantitative estimate of drug-likeness (QED) is 0.379. The zero-order valence-electron chi connectivity index (χ0n) is 22.8. The SMILES string of the molecule is C#CN(C(=O)C(Cc1ccccc1)NC(=O)OC(C)(C)C)C(C(=O)NC1CCCCC1)c1ccccc1C. The average molecular weight is 518 g/mol. The summed E-state index contributed by atoms with van der Waals surface area (Å²) in [6.45, 7) is 7.13. The number of amides is 3. The Morgan fingerprint density at radius 2 is 1.66 bits per heavy atom. The van der Waals surface area contributed by atoms with Crippen LogP contribution in [0.5, 0.6) is 0 Å². The molecule has 38 heavy (non-hydrogen) atoms. The number of carbonyl (C=O) groups excluding carboxylic acids is 3. The summed E-state index contributed by atoms with van der Waals surface area (Å²) in [6, 6.07) is 17.1. The smallest absolute Gasteiger partial charge is 0.408 e. The molecule has 2 N–H and O–H groups in total. The lowest BCUT2D eigenvalue weighted by molar-refractivity contribution is -0.139. The van der Waals surface area contributed by atoms with Crippen LogP contribution >= 0.6 is 0 Å². The first kappa shape index (κ1) is 28.8. The molecular formula is C31H39N3O4. The molecule has 0 aromatic heterocycles. The summed E-state index contributed by atoms with van der Waals surface area (Å²) >= 11 is 0. The van der Waals surface area contributed by atoms with Crippen LogP contribution in [-0.2, 0) is 20.7 Å².